The number of hydrogen-bond acceptors (Lipinski definition) is 3. The maximum atomic E-state index is 12.7. The van der Waals surface area contributed by atoms with E-state index in [2.05, 4.69) is 24.0 Å². The third-order valence-corrected chi connectivity index (χ3v) is 5.03. The Kier molecular flexibility index (Phi) is 3.62. The molecule has 5 nitrogen and oxygen atoms in total. The molecule has 1 spiro atoms. The molecule has 0 bridgehead atoms. The molecule has 2 saturated heterocycles. The number of piperidine rings is 1. The number of rotatable bonds is 2. The first kappa shape index (κ1) is 14.7. The minimum Gasteiger partial charge on any atom is -0.361 e. The molecular formula is C18H22N2O3. The summed E-state index contributed by atoms with van der Waals surface area (Å²) in [5.41, 5.74) is 3.38. The molecule has 1 N–H and O–H groups in total. The Bertz CT molecular complexity index is 721. The number of hydrogen-bond donors (Lipinski definition) is 1. The molecule has 23 heavy (non-hydrogen) atoms. The maximum absolute atomic E-state index is 12.7. The molecule has 0 aliphatic carbocycles. The SMILES string of the molecule is Cc1cccc2[nH]cc(CC(=O)N3CCC4(CC3)OCCO4)c12. The van der Waals surface area contributed by atoms with Gasteiger partial charge in [-0.2, -0.15) is 0 Å². The van der Waals surface area contributed by atoms with Crippen molar-refractivity contribution in [3.63, 3.8) is 0 Å². The molecule has 1 aromatic heterocycles. The van der Waals surface area contributed by atoms with Gasteiger partial charge >= 0.3 is 0 Å². The second-order valence-corrected chi connectivity index (χ2v) is 6.48. The van der Waals surface area contributed by atoms with E-state index in [0.717, 1.165) is 23.9 Å². The van der Waals surface area contributed by atoms with Crippen molar-refractivity contribution in [1.82, 2.24) is 9.88 Å². The number of H-pyrrole nitrogens is 1. The summed E-state index contributed by atoms with van der Waals surface area (Å²) < 4.78 is 11.4. The van der Waals surface area contributed by atoms with Gasteiger partial charge < -0.3 is 19.4 Å². The predicted octanol–water partition coefficient (Wildman–Crippen LogP) is 2.38. The second kappa shape index (κ2) is 5.65. The van der Waals surface area contributed by atoms with E-state index in [-0.39, 0.29) is 5.91 Å². The van der Waals surface area contributed by atoms with Crippen molar-refractivity contribution in [2.45, 2.75) is 32.0 Å². The first-order valence-corrected chi connectivity index (χ1v) is 8.28. The van der Waals surface area contributed by atoms with Crippen LogP contribution in [-0.2, 0) is 20.7 Å². The molecule has 4 rings (SSSR count). The number of likely N-dealkylation sites (tertiary alicyclic amines) is 1. The number of carbonyl (C=O) groups excluding carboxylic acids is 1. The molecule has 0 saturated carbocycles. The van der Waals surface area contributed by atoms with Crippen LogP contribution < -0.4 is 0 Å². The average Bonchev–Trinajstić information content (AvgIpc) is 3.17. The van der Waals surface area contributed by atoms with Crippen molar-refractivity contribution in [2.75, 3.05) is 26.3 Å². The average molecular weight is 314 g/mol. The van der Waals surface area contributed by atoms with Crippen LogP contribution in [0.5, 0.6) is 0 Å². The number of fused-ring (bicyclic) bond motifs is 1. The van der Waals surface area contributed by atoms with Crippen molar-refractivity contribution < 1.29 is 14.3 Å². The minimum atomic E-state index is -0.422. The van der Waals surface area contributed by atoms with Crippen LogP contribution >= 0.6 is 0 Å². The summed E-state index contributed by atoms with van der Waals surface area (Å²) in [6.07, 6.45) is 3.95. The minimum absolute atomic E-state index is 0.182. The third kappa shape index (κ3) is 2.64. The Morgan fingerprint density at radius 1 is 1.26 bits per heavy atom. The lowest BCUT2D eigenvalue weighted by Crippen LogP contribution is -2.47. The molecule has 1 aromatic carbocycles. The summed E-state index contributed by atoms with van der Waals surface area (Å²) >= 11 is 0. The number of benzene rings is 1. The van der Waals surface area contributed by atoms with E-state index in [1.54, 1.807) is 0 Å². The fourth-order valence-corrected chi connectivity index (χ4v) is 3.75. The largest absolute Gasteiger partial charge is 0.361 e. The van der Waals surface area contributed by atoms with E-state index in [9.17, 15) is 4.79 Å². The summed E-state index contributed by atoms with van der Waals surface area (Å²) in [5.74, 6) is -0.240. The van der Waals surface area contributed by atoms with Gasteiger partial charge in [0.1, 0.15) is 0 Å². The van der Waals surface area contributed by atoms with E-state index in [4.69, 9.17) is 9.47 Å². The van der Waals surface area contributed by atoms with Crippen LogP contribution in [0.15, 0.2) is 24.4 Å². The van der Waals surface area contributed by atoms with Crippen LogP contribution in [0.25, 0.3) is 10.9 Å². The van der Waals surface area contributed by atoms with Gasteiger partial charge in [0.2, 0.25) is 5.91 Å². The summed E-state index contributed by atoms with van der Waals surface area (Å²) in [7, 11) is 0. The standard InChI is InChI=1S/C18H22N2O3/c1-13-3-2-4-15-17(13)14(12-19-15)11-16(21)20-7-5-18(6-8-20)22-9-10-23-18/h2-4,12,19H,5-11H2,1H3. The highest BCUT2D eigenvalue weighted by Gasteiger charge is 2.40. The molecule has 0 atom stereocenters. The van der Waals surface area contributed by atoms with Gasteiger partial charge in [0.25, 0.3) is 0 Å². The Morgan fingerprint density at radius 2 is 2.00 bits per heavy atom. The number of ether oxygens (including phenoxy) is 2. The lowest BCUT2D eigenvalue weighted by molar-refractivity contribution is -0.187. The van der Waals surface area contributed by atoms with Gasteiger partial charge in [-0.05, 0) is 24.1 Å². The zero-order valence-electron chi connectivity index (χ0n) is 13.4. The topological polar surface area (TPSA) is 54.6 Å². The van der Waals surface area contributed by atoms with Crippen molar-refractivity contribution >= 4 is 16.8 Å². The number of aromatic nitrogens is 1. The van der Waals surface area contributed by atoms with Gasteiger partial charge in [-0.15, -0.1) is 0 Å². The normalized spacial score (nSPS) is 20.5. The van der Waals surface area contributed by atoms with Crippen LogP contribution in [0.4, 0.5) is 0 Å². The van der Waals surface area contributed by atoms with Gasteiger partial charge in [-0.25, -0.2) is 0 Å². The molecular weight excluding hydrogens is 292 g/mol. The molecule has 1 amide bonds. The summed E-state index contributed by atoms with van der Waals surface area (Å²) in [6, 6.07) is 6.17. The maximum Gasteiger partial charge on any atom is 0.227 e. The van der Waals surface area contributed by atoms with Gasteiger partial charge in [-0.3, -0.25) is 4.79 Å². The molecule has 3 heterocycles. The van der Waals surface area contributed by atoms with Crippen LogP contribution in [0.2, 0.25) is 0 Å². The quantitative estimate of drug-likeness (QED) is 0.926. The van der Waals surface area contributed by atoms with Gasteiger partial charge in [-0.1, -0.05) is 12.1 Å². The summed E-state index contributed by atoms with van der Waals surface area (Å²) in [4.78, 5) is 17.9. The van der Waals surface area contributed by atoms with Gasteiger partial charge in [0.05, 0.1) is 19.6 Å². The molecule has 122 valence electrons. The number of carbonyl (C=O) groups is 1. The van der Waals surface area contributed by atoms with Gasteiger partial charge in [0.15, 0.2) is 5.79 Å². The summed E-state index contributed by atoms with van der Waals surface area (Å²) in [6.45, 7) is 4.84. The highest BCUT2D eigenvalue weighted by molar-refractivity contribution is 5.91. The molecule has 0 radical (unpaired) electrons. The van der Waals surface area contributed by atoms with Crippen LogP contribution in [0.3, 0.4) is 0 Å². The number of amides is 1. The monoisotopic (exact) mass is 314 g/mol. The number of aromatic amines is 1. The van der Waals surface area contributed by atoms with E-state index < -0.39 is 5.79 Å². The van der Waals surface area contributed by atoms with E-state index in [1.165, 1.54) is 10.9 Å². The second-order valence-electron chi connectivity index (χ2n) is 6.48. The van der Waals surface area contributed by atoms with Crippen molar-refractivity contribution in [3.05, 3.63) is 35.5 Å². The smallest absolute Gasteiger partial charge is 0.227 e. The zero-order chi connectivity index (χ0) is 15.9. The molecule has 0 unspecified atom stereocenters. The highest BCUT2D eigenvalue weighted by Crippen LogP contribution is 2.31. The van der Waals surface area contributed by atoms with Crippen LogP contribution in [0, 0.1) is 6.92 Å². The summed E-state index contributed by atoms with van der Waals surface area (Å²) in [5, 5.41) is 1.18. The Hall–Kier alpha value is -1.85. The van der Waals surface area contributed by atoms with E-state index >= 15 is 0 Å². The van der Waals surface area contributed by atoms with Crippen molar-refractivity contribution in [1.29, 1.82) is 0 Å². The first-order valence-electron chi connectivity index (χ1n) is 8.28. The number of nitrogens with zero attached hydrogens (tertiary/aromatic N) is 1. The predicted molar refractivity (Wildman–Crippen MR) is 87.2 cm³/mol. The fraction of sp³-hybridized carbons (Fsp3) is 0.500. The third-order valence-electron chi connectivity index (χ3n) is 5.03. The van der Waals surface area contributed by atoms with Crippen molar-refractivity contribution in [2.24, 2.45) is 0 Å². The molecule has 5 heteroatoms. The first-order chi connectivity index (χ1) is 11.2. The van der Waals surface area contributed by atoms with E-state index in [0.29, 0.717) is 32.7 Å². The molecule has 2 aromatic rings. The van der Waals surface area contributed by atoms with Gasteiger partial charge in [0, 0.05) is 43.0 Å². The van der Waals surface area contributed by atoms with Crippen molar-refractivity contribution in [3.8, 4) is 0 Å². The molecule has 2 fully saturated rings. The van der Waals surface area contributed by atoms with Crippen LogP contribution in [-0.4, -0.2) is 47.9 Å². The Labute approximate surface area is 135 Å². The van der Waals surface area contributed by atoms with Crippen LogP contribution in [0.1, 0.15) is 24.0 Å². The fourth-order valence-electron chi connectivity index (χ4n) is 3.75. The molecule has 2 aliphatic rings. The molecule has 2 aliphatic heterocycles. The van der Waals surface area contributed by atoms with E-state index in [1.807, 2.05) is 17.2 Å². The Balaban J connectivity index is 1.46. The lowest BCUT2D eigenvalue weighted by atomic mass is 10.0. The number of aryl methyl sites for hydroxylation is 1. The Morgan fingerprint density at radius 3 is 2.74 bits per heavy atom. The number of nitrogens with one attached hydrogen (secondary N) is 1. The zero-order valence-corrected chi connectivity index (χ0v) is 13.4. The highest BCUT2D eigenvalue weighted by atomic mass is 16.7. The lowest BCUT2D eigenvalue weighted by Gasteiger charge is -2.37.